The average molecular weight is 306 g/mol. The number of benzene rings is 1. The second-order valence-corrected chi connectivity index (χ2v) is 4.93. The number of hydrogen-bond acceptors (Lipinski definition) is 5. The minimum atomic E-state index is -0.642. The van der Waals surface area contributed by atoms with Crippen LogP contribution in [-0.2, 0) is 9.59 Å². The molecule has 2 amide bonds. The van der Waals surface area contributed by atoms with E-state index >= 15 is 0 Å². The van der Waals surface area contributed by atoms with Gasteiger partial charge in [-0.3, -0.25) is 14.8 Å². The van der Waals surface area contributed by atoms with Crippen LogP contribution in [-0.4, -0.2) is 46.7 Å². The summed E-state index contributed by atoms with van der Waals surface area (Å²) in [5, 5.41) is 18.2. The first kappa shape index (κ1) is 15.8. The Morgan fingerprint density at radius 1 is 1.45 bits per heavy atom. The zero-order chi connectivity index (χ0) is 16.1. The van der Waals surface area contributed by atoms with Gasteiger partial charge in [-0.05, 0) is 36.6 Å². The lowest BCUT2D eigenvalue weighted by Crippen LogP contribution is -2.44. The molecule has 1 aliphatic heterocycles. The third-order valence-corrected chi connectivity index (χ3v) is 3.57. The summed E-state index contributed by atoms with van der Waals surface area (Å²) in [7, 11) is 1.44. The Kier molecular flexibility index (Phi) is 5.00. The third-order valence-electron chi connectivity index (χ3n) is 3.57. The molecule has 7 heteroatoms. The van der Waals surface area contributed by atoms with Gasteiger partial charge in [0.1, 0.15) is 6.04 Å². The molecule has 1 unspecified atom stereocenters. The third kappa shape index (κ3) is 3.37. The van der Waals surface area contributed by atoms with Gasteiger partial charge in [-0.2, -0.15) is 0 Å². The molecule has 1 atom stereocenters. The second-order valence-electron chi connectivity index (χ2n) is 4.93. The first-order valence-electron chi connectivity index (χ1n) is 6.86. The summed E-state index contributed by atoms with van der Waals surface area (Å²) in [5.41, 5.74) is 2.27. The predicted molar refractivity (Wildman–Crippen MR) is 78.4 cm³/mol. The molecular formula is C15H18N2O5. The molecule has 2 rings (SSSR count). The van der Waals surface area contributed by atoms with Gasteiger partial charge in [0.05, 0.1) is 7.11 Å². The highest BCUT2D eigenvalue weighted by Gasteiger charge is 2.32. The number of methoxy groups -OCH3 is 1. The van der Waals surface area contributed by atoms with Crippen molar-refractivity contribution in [2.75, 3.05) is 13.7 Å². The maximum atomic E-state index is 12.2. The molecular weight excluding hydrogens is 288 g/mol. The number of hydroxylamine groups is 1. The van der Waals surface area contributed by atoms with E-state index in [2.05, 4.69) is 0 Å². The van der Waals surface area contributed by atoms with E-state index in [0.29, 0.717) is 30.7 Å². The number of nitrogens with one attached hydrogen (secondary N) is 1. The van der Waals surface area contributed by atoms with Gasteiger partial charge in [0.15, 0.2) is 11.5 Å². The van der Waals surface area contributed by atoms with Gasteiger partial charge in [0, 0.05) is 12.6 Å². The summed E-state index contributed by atoms with van der Waals surface area (Å²) in [5.74, 6) is -0.554. The highest BCUT2D eigenvalue weighted by molar-refractivity contribution is 5.95. The maximum Gasteiger partial charge on any atom is 0.266 e. The summed E-state index contributed by atoms with van der Waals surface area (Å²) in [4.78, 5) is 25.1. The SMILES string of the molecule is COc1cc(/C=C/C(=O)N2CCCC2C(=O)NO)ccc1O. The molecule has 1 saturated heterocycles. The van der Waals surface area contributed by atoms with Crippen molar-refractivity contribution in [3.63, 3.8) is 0 Å². The van der Waals surface area contributed by atoms with E-state index in [1.54, 1.807) is 23.7 Å². The van der Waals surface area contributed by atoms with Gasteiger partial charge in [-0.1, -0.05) is 6.07 Å². The zero-order valence-electron chi connectivity index (χ0n) is 12.2. The molecule has 7 nitrogen and oxygen atoms in total. The lowest BCUT2D eigenvalue weighted by atomic mass is 10.1. The molecule has 1 heterocycles. The Balaban J connectivity index is 2.09. The van der Waals surface area contributed by atoms with Crippen LogP contribution < -0.4 is 10.2 Å². The van der Waals surface area contributed by atoms with Crippen LogP contribution in [0, 0.1) is 0 Å². The number of carbonyl (C=O) groups is 2. The number of nitrogens with zero attached hydrogens (tertiary/aromatic N) is 1. The predicted octanol–water partition coefficient (Wildman–Crippen LogP) is 0.910. The number of hydrogen-bond donors (Lipinski definition) is 3. The number of likely N-dealkylation sites (tertiary alicyclic amines) is 1. The summed E-state index contributed by atoms with van der Waals surface area (Å²) in [6.45, 7) is 0.472. The lowest BCUT2D eigenvalue weighted by Gasteiger charge is -2.21. The smallest absolute Gasteiger partial charge is 0.266 e. The highest BCUT2D eigenvalue weighted by atomic mass is 16.5. The molecule has 0 radical (unpaired) electrons. The van der Waals surface area contributed by atoms with Gasteiger partial charge in [0.25, 0.3) is 5.91 Å². The van der Waals surface area contributed by atoms with Gasteiger partial charge < -0.3 is 14.7 Å². The van der Waals surface area contributed by atoms with Crippen molar-refractivity contribution in [3.05, 3.63) is 29.8 Å². The molecule has 0 aliphatic carbocycles. The topological polar surface area (TPSA) is 99.1 Å². The maximum absolute atomic E-state index is 12.2. The lowest BCUT2D eigenvalue weighted by molar-refractivity contribution is -0.140. The molecule has 1 aliphatic rings. The number of phenolic OH excluding ortho intramolecular Hbond substituents is 1. The fourth-order valence-corrected chi connectivity index (χ4v) is 2.44. The van der Waals surface area contributed by atoms with E-state index in [4.69, 9.17) is 9.94 Å². The summed E-state index contributed by atoms with van der Waals surface area (Å²) in [6.07, 6.45) is 4.18. The van der Waals surface area contributed by atoms with E-state index in [0.717, 1.165) is 0 Å². The van der Waals surface area contributed by atoms with Crippen LogP contribution in [0.15, 0.2) is 24.3 Å². The van der Waals surface area contributed by atoms with E-state index in [-0.39, 0.29) is 11.7 Å². The minimum Gasteiger partial charge on any atom is -0.504 e. The normalized spacial score (nSPS) is 17.7. The largest absolute Gasteiger partial charge is 0.504 e. The Labute approximate surface area is 127 Å². The van der Waals surface area contributed by atoms with Gasteiger partial charge in [0.2, 0.25) is 5.91 Å². The van der Waals surface area contributed by atoms with Crippen molar-refractivity contribution < 1.29 is 24.6 Å². The van der Waals surface area contributed by atoms with Crippen molar-refractivity contribution in [2.45, 2.75) is 18.9 Å². The molecule has 0 spiro atoms. The monoisotopic (exact) mass is 306 g/mol. The van der Waals surface area contributed by atoms with Crippen molar-refractivity contribution >= 4 is 17.9 Å². The molecule has 22 heavy (non-hydrogen) atoms. The number of aromatic hydroxyl groups is 1. The number of carbonyl (C=O) groups excluding carboxylic acids is 2. The standard InChI is InChI=1S/C15H18N2O5/c1-22-13-9-10(4-6-12(13)18)5-7-14(19)17-8-2-3-11(17)15(20)16-21/h4-7,9,11,18,21H,2-3,8H2,1H3,(H,16,20)/b7-5+. The number of ether oxygens (including phenoxy) is 1. The molecule has 3 N–H and O–H groups in total. The highest BCUT2D eigenvalue weighted by Crippen LogP contribution is 2.27. The van der Waals surface area contributed by atoms with Crippen LogP contribution in [0.5, 0.6) is 11.5 Å². The summed E-state index contributed by atoms with van der Waals surface area (Å²) in [6, 6.07) is 4.07. The molecule has 0 aromatic heterocycles. The van der Waals surface area contributed by atoms with Crippen LogP contribution in [0.4, 0.5) is 0 Å². The van der Waals surface area contributed by atoms with Crippen LogP contribution in [0.2, 0.25) is 0 Å². The molecule has 1 aromatic rings. The van der Waals surface area contributed by atoms with Crippen molar-refractivity contribution in [2.24, 2.45) is 0 Å². The summed E-state index contributed by atoms with van der Waals surface area (Å²) < 4.78 is 5.00. The number of phenols is 1. The Morgan fingerprint density at radius 3 is 2.91 bits per heavy atom. The van der Waals surface area contributed by atoms with Gasteiger partial charge in [-0.15, -0.1) is 0 Å². The minimum absolute atomic E-state index is 0.0187. The molecule has 0 saturated carbocycles. The second kappa shape index (κ2) is 6.95. The Bertz CT molecular complexity index is 600. The summed E-state index contributed by atoms with van der Waals surface area (Å²) >= 11 is 0. The fourth-order valence-electron chi connectivity index (χ4n) is 2.44. The molecule has 118 valence electrons. The van der Waals surface area contributed by atoms with E-state index < -0.39 is 11.9 Å². The zero-order valence-corrected chi connectivity index (χ0v) is 12.2. The van der Waals surface area contributed by atoms with Crippen molar-refractivity contribution in [3.8, 4) is 11.5 Å². The number of amides is 2. The van der Waals surface area contributed by atoms with Gasteiger partial charge >= 0.3 is 0 Å². The van der Waals surface area contributed by atoms with Crippen molar-refractivity contribution in [1.82, 2.24) is 10.4 Å². The fraction of sp³-hybridized carbons (Fsp3) is 0.333. The van der Waals surface area contributed by atoms with Crippen LogP contribution in [0.1, 0.15) is 18.4 Å². The Morgan fingerprint density at radius 2 is 2.23 bits per heavy atom. The van der Waals surface area contributed by atoms with Gasteiger partial charge in [-0.25, -0.2) is 5.48 Å². The van der Waals surface area contributed by atoms with E-state index in [9.17, 15) is 14.7 Å². The molecule has 1 aromatic carbocycles. The molecule has 1 fully saturated rings. The van der Waals surface area contributed by atoms with E-state index in [1.165, 1.54) is 24.2 Å². The van der Waals surface area contributed by atoms with Crippen LogP contribution in [0.25, 0.3) is 6.08 Å². The van der Waals surface area contributed by atoms with Crippen LogP contribution in [0.3, 0.4) is 0 Å². The van der Waals surface area contributed by atoms with E-state index in [1.807, 2.05) is 0 Å². The first-order chi connectivity index (χ1) is 10.6. The molecule has 0 bridgehead atoms. The quantitative estimate of drug-likeness (QED) is 0.436. The number of rotatable bonds is 4. The van der Waals surface area contributed by atoms with Crippen molar-refractivity contribution in [1.29, 1.82) is 0 Å². The average Bonchev–Trinajstić information content (AvgIpc) is 3.02. The Hall–Kier alpha value is -2.54. The van der Waals surface area contributed by atoms with Crippen LogP contribution >= 0.6 is 0 Å². The first-order valence-corrected chi connectivity index (χ1v) is 6.86.